The summed E-state index contributed by atoms with van der Waals surface area (Å²) in [5.74, 6) is -0.0380. The van der Waals surface area contributed by atoms with E-state index in [0.717, 1.165) is 22.3 Å². The van der Waals surface area contributed by atoms with Crippen molar-refractivity contribution in [1.29, 1.82) is 0 Å². The molecule has 2 aromatic rings. The van der Waals surface area contributed by atoms with Gasteiger partial charge in [0.15, 0.2) is 0 Å². The average molecular weight is 415 g/mol. The molecule has 0 unspecified atom stereocenters. The minimum Gasteiger partial charge on any atom is -0.341 e. The molecule has 0 N–H and O–H groups in total. The molecule has 156 valence electrons. The summed E-state index contributed by atoms with van der Waals surface area (Å²) < 4.78 is 28.0. The zero-order valence-corrected chi connectivity index (χ0v) is 18.5. The number of hydrogen-bond donors (Lipinski definition) is 0. The van der Waals surface area contributed by atoms with Crippen molar-refractivity contribution in [3.63, 3.8) is 0 Å². The molecule has 1 saturated heterocycles. The molecule has 29 heavy (non-hydrogen) atoms. The molecule has 1 amide bonds. The molecule has 5 nitrogen and oxygen atoms in total. The first-order valence-electron chi connectivity index (χ1n) is 10.1. The van der Waals surface area contributed by atoms with Crippen molar-refractivity contribution in [2.45, 2.75) is 45.1 Å². The molecular formula is C23H30N2O3S. The number of hydrogen-bond acceptors (Lipinski definition) is 3. The third-order valence-electron chi connectivity index (χ3n) is 5.64. The van der Waals surface area contributed by atoms with Crippen molar-refractivity contribution in [3.05, 3.63) is 64.7 Å². The van der Waals surface area contributed by atoms with Crippen LogP contribution in [-0.4, -0.2) is 43.7 Å². The fraction of sp³-hybridized carbons (Fsp3) is 0.435. The summed E-state index contributed by atoms with van der Waals surface area (Å²) in [6.45, 7) is 7.00. The summed E-state index contributed by atoms with van der Waals surface area (Å²) in [5.41, 5.74) is 3.71. The lowest BCUT2D eigenvalue weighted by atomic mass is 9.96. The number of carbonyl (C=O) groups is 1. The summed E-state index contributed by atoms with van der Waals surface area (Å²) >= 11 is 0. The molecule has 3 rings (SSSR count). The Morgan fingerprint density at radius 2 is 1.59 bits per heavy atom. The van der Waals surface area contributed by atoms with Crippen LogP contribution in [0.15, 0.2) is 47.4 Å². The van der Waals surface area contributed by atoms with Crippen molar-refractivity contribution >= 4 is 15.9 Å². The van der Waals surface area contributed by atoms with Crippen molar-refractivity contribution in [2.75, 3.05) is 20.1 Å². The van der Waals surface area contributed by atoms with Gasteiger partial charge in [-0.05, 0) is 50.3 Å². The topological polar surface area (TPSA) is 57.7 Å². The van der Waals surface area contributed by atoms with Gasteiger partial charge in [0.05, 0.1) is 4.90 Å². The number of rotatable bonds is 5. The van der Waals surface area contributed by atoms with E-state index >= 15 is 0 Å². The Morgan fingerprint density at radius 3 is 2.14 bits per heavy atom. The highest BCUT2D eigenvalue weighted by atomic mass is 32.2. The molecule has 1 aliphatic heterocycles. The number of sulfonamides is 1. The van der Waals surface area contributed by atoms with Crippen LogP contribution in [0.3, 0.4) is 0 Å². The Balaban J connectivity index is 1.66. The van der Waals surface area contributed by atoms with Gasteiger partial charge in [-0.2, -0.15) is 4.31 Å². The SMILES string of the molecule is Cc1cc(C)c(S(=O)(=O)N2CCC(C(=O)N(C)Cc3ccccc3)CC2)c(C)c1. The highest BCUT2D eigenvalue weighted by Gasteiger charge is 2.34. The first-order chi connectivity index (χ1) is 13.7. The number of benzene rings is 2. The molecule has 1 fully saturated rings. The van der Waals surface area contributed by atoms with E-state index in [2.05, 4.69) is 0 Å². The van der Waals surface area contributed by atoms with Gasteiger partial charge in [-0.3, -0.25) is 4.79 Å². The van der Waals surface area contributed by atoms with Crippen molar-refractivity contribution < 1.29 is 13.2 Å². The van der Waals surface area contributed by atoms with E-state index in [1.807, 2.05) is 70.3 Å². The molecular weight excluding hydrogens is 384 g/mol. The summed E-state index contributed by atoms with van der Waals surface area (Å²) in [4.78, 5) is 15.0. The fourth-order valence-corrected chi connectivity index (χ4v) is 6.17. The normalized spacial score (nSPS) is 16.0. The molecule has 0 saturated carbocycles. The van der Waals surface area contributed by atoms with Crippen LogP contribution in [0.25, 0.3) is 0 Å². The van der Waals surface area contributed by atoms with E-state index in [9.17, 15) is 13.2 Å². The second-order valence-corrected chi connectivity index (χ2v) is 9.96. The number of carbonyl (C=O) groups excluding carboxylic acids is 1. The second kappa shape index (κ2) is 8.67. The van der Waals surface area contributed by atoms with E-state index in [4.69, 9.17) is 0 Å². The first-order valence-corrected chi connectivity index (χ1v) is 11.5. The van der Waals surface area contributed by atoms with Gasteiger partial charge in [0, 0.05) is 32.6 Å². The standard InChI is InChI=1S/C23H30N2O3S/c1-17-14-18(2)22(19(3)15-17)29(27,28)25-12-10-21(11-13-25)23(26)24(4)16-20-8-6-5-7-9-20/h5-9,14-15,21H,10-13,16H2,1-4H3. The van der Waals surface area contributed by atoms with Crippen molar-refractivity contribution in [2.24, 2.45) is 5.92 Å². The molecule has 6 heteroatoms. The molecule has 0 spiro atoms. The van der Waals surface area contributed by atoms with Crippen LogP contribution in [-0.2, 0) is 21.4 Å². The fourth-order valence-electron chi connectivity index (χ4n) is 4.29. The molecule has 2 aromatic carbocycles. The molecule has 0 aliphatic carbocycles. The van der Waals surface area contributed by atoms with Crippen LogP contribution in [0.5, 0.6) is 0 Å². The van der Waals surface area contributed by atoms with Crippen molar-refractivity contribution in [3.8, 4) is 0 Å². The number of aryl methyl sites for hydroxylation is 3. The van der Waals surface area contributed by atoms with Crippen LogP contribution in [0, 0.1) is 26.7 Å². The van der Waals surface area contributed by atoms with Gasteiger partial charge in [0.25, 0.3) is 0 Å². The summed E-state index contributed by atoms with van der Waals surface area (Å²) in [7, 11) is -1.73. The Bertz CT molecular complexity index is 955. The number of nitrogens with zero attached hydrogens (tertiary/aromatic N) is 2. The van der Waals surface area contributed by atoms with Gasteiger partial charge in [0.2, 0.25) is 15.9 Å². The van der Waals surface area contributed by atoms with Crippen molar-refractivity contribution in [1.82, 2.24) is 9.21 Å². The van der Waals surface area contributed by atoms with E-state index in [1.54, 1.807) is 9.21 Å². The quantitative estimate of drug-likeness (QED) is 0.750. The van der Waals surface area contributed by atoms with Gasteiger partial charge < -0.3 is 4.90 Å². The Morgan fingerprint density at radius 1 is 1.03 bits per heavy atom. The molecule has 0 radical (unpaired) electrons. The predicted octanol–water partition coefficient (Wildman–Crippen LogP) is 3.67. The Kier molecular flexibility index (Phi) is 6.44. The van der Waals surface area contributed by atoms with E-state index in [-0.39, 0.29) is 11.8 Å². The third-order valence-corrected chi connectivity index (χ3v) is 7.85. The maximum Gasteiger partial charge on any atom is 0.243 e. The average Bonchev–Trinajstić information content (AvgIpc) is 2.67. The lowest BCUT2D eigenvalue weighted by molar-refractivity contribution is -0.135. The van der Waals surface area contributed by atoms with Crippen LogP contribution < -0.4 is 0 Å². The van der Waals surface area contributed by atoms with Gasteiger partial charge in [-0.1, -0.05) is 48.0 Å². The third kappa shape index (κ3) is 4.70. The molecule has 0 aromatic heterocycles. The van der Waals surface area contributed by atoms with Crippen LogP contribution in [0.1, 0.15) is 35.1 Å². The van der Waals surface area contributed by atoms with E-state index in [1.165, 1.54) is 0 Å². The Labute approximate surface area is 174 Å². The highest BCUT2D eigenvalue weighted by molar-refractivity contribution is 7.89. The molecule has 0 atom stereocenters. The Hall–Kier alpha value is -2.18. The number of amides is 1. The van der Waals surface area contributed by atoms with Gasteiger partial charge in [0.1, 0.15) is 0 Å². The largest absolute Gasteiger partial charge is 0.341 e. The van der Waals surface area contributed by atoms with Crippen LogP contribution in [0.2, 0.25) is 0 Å². The smallest absolute Gasteiger partial charge is 0.243 e. The summed E-state index contributed by atoms with van der Waals surface area (Å²) in [6.07, 6.45) is 1.11. The molecule has 1 aliphatic rings. The van der Waals surface area contributed by atoms with E-state index in [0.29, 0.717) is 37.4 Å². The maximum atomic E-state index is 13.2. The first kappa shape index (κ1) is 21.5. The van der Waals surface area contributed by atoms with Gasteiger partial charge in [-0.25, -0.2) is 8.42 Å². The predicted molar refractivity (Wildman–Crippen MR) is 115 cm³/mol. The zero-order chi connectivity index (χ0) is 21.2. The van der Waals surface area contributed by atoms with Crippen LogP contribution in [0.4, 0.5) is 0 Å². The van der Waals surface area contributed by atoms with Gasteiger partial charge >= 0.3 is 0 Å². The lowest BCUT2D eigenvalue weighted by Crippen LogP contribution is -2.43. The zero-order valence-electron chi connectivity index (χ0n) is 17.7. The summed E-state index contributed by atoms with van der Waals surface area (Å²) in [6, 6.07) is 13.7. The highest BCUT2D eigenvalue weighted by Crippen LogP contribution is 2.29. The minimum atomic E-state index is -3.55. The monoisotopic (exact) mass is 414 g/mol. The lowest BCUT2D eigenvalue weighted by Gasteiger charge is -2.33. The van der Waals surface area contributed by atoms with Gasteiger partial charge in [-0.15, -0.1) is 0 Å². The second-order valence-electron chi connectivity index (χ2n) is 8.09. The number of piperidine rings is 1. The van der Waals surface area contributed by atoms with E-state index < -0.39 is 10.0 Å². The summed E-state index contributed by atoms with van der Waals surface area (Å²) in [5, 5.41) is 0. The maximum absolute atomic E-state index is 13.2. The molecule has 1 heterocycles. The molecule has 0 bridgehead atoms. The minimum absolute atomic E-state index is 0.0913. The van der Waals surface area contributed by atoms with Crippen LogP contribution >= 0.6 is 0 Å².